The van der Waals surface area contributed by atoms with E-state index in [4.69, 9.17) is 10.8 Å². The van der Waals surface area contributed by atoms with E-state index in [-0.39, 0.29) is 6.42 Å². The summed E-state index contributed by atoms with van der Waals surface area (Å²) in [5, 5.41) is 8.85. The highest BCUT2D eigenvalue weighted by atomic mass is 16.4. The predicted octanol–water partition coefficient (Wildman–Crippen LogP) is 0.844. The van der Waals surface area contributed by atoms with E-state index in [9.17, 15) is 9.59 Å². The van der Waals surface area contributed by atoms with Gasteiger partial charge < -0.3 is 10.8 Å². The van der Waals surface area contributed by atoms with Crippen LogP contribution < -0.4 is 5.73 Å². The molecule has 0 saturated heterocycles. The summed E-state index contributed by atoms with van der Waals surface area (Å²) in [7, 11) is 0. The minimum atomic E-state index is -1.35. The van der Waals surface area contributed by atoms with Gasteiger partial charge in [-0.3, -0.25) is 9.59 Å². The fourth-order valence-corrected chi connectivity index (χ4v) is 1.28. The molecular weight excluding hydrogens is 194 g/mol. The lowest BCUT2D eigenvalue weighted by Crippen LogP contribution is -2.47. The number of carboxylic acids is 1. The third-order valence-electron chi connectivity index (χ3n) is 2.23. The topological polar surface area (TPSA) is 80.4 Å². The van der Waals surface area contributed by atoms with Crippen LogP contribution in [0.25, 0.3) is 0 Å². The molecule has 0 radical (unpaired) electrons. The molecule has 1 aromatic rings. The largest absolute Gasteiger partial charge is 0.480 e. The van der Waals surface area contributed by atoms with Gasteiger partial charge in [-0.25, -0.2) is 0 Å². The highest BCUT2D eigenvalue weighted by Gasteiger charge is 2.28. The number of carbonyl (C=O) groups excluding carboxylic acids is 1. The van der Waals surface area contributed by atoms with Gasteiger partial charge in [-0.05, 0) is 12.5 Å². The number of carbonyl (C=O) groups is 2. The molecule has 3 N–H and O–H groups in total. The molecule has 0 aromatic heterocycles. The second-order valence-corrected chi connectivity index (χ2v) is 3.72. The molecule has 0 aliphatic heterocycles. The summed E-state index contributed by atoms with van der Waals surface area (Å²) in [6.45, 7) is 1.43. The molecule has 0 heterocycles. The van der Waals surface area contributed by atoms with Crippen molar-refractivity contribution in [2.45, 2.75) is 18.9 Å². The van der Waals surface area contributed by atoms with Crippen LogP contribution in [0.1, 0.15) is 22.8 Å². The Kier molecular flexibility index (Phi) is 3.21. The Hall–Kier alpha value is -1.68. The van der Waals surface area contributed by atoms with Crippen LogP contribution in [-0.2, 0) is 11.2 Å². The lowest BCUT2D eigenvalue weighted by atomic mass is 9.92. The maximum atomic E-state index is 10.8. The first-order valence-electron chi connectivity index (χ1n) is 4.53. The Morgan fingerprint density at radius 3 is 2.67 bits per heavy atom. The maximum absolute atomic E-state index is 10.8. The molecule has 1 atom stereocenters. The quantitative estimate of drug-likeness (QED) is 0.717. The fraction of sp³-hybridized carbons (Fsp3) is 0.273. The van der Waals surface area contributed by atoms with Crippen molar-refractivity contribution in [3.8, 4) is 0 Å². The Labute approximate surface area is 87.7 Å². The Balaban J connectivity index is 2.98. The summed E-state index contributed by atoms with van der Waals surface area (Å²) in [6, 6.07) is 6.82. The average Bonchev–Trinajstić information content (AvgIpc) is 2.18. The van der Waals surface area contributed by atoms with Gasteiger partial charge in [-0.15, -0.1) is 0 Å². The van der Waals surface area contributed by atoms with Crippen molar-refractivity contribution >= 4 is 12.3 Å². The zero-order chi connectivity index (χ0) is 11.5. The van der Waals surface area contributed by atoms with Crippen LogP contribution >= 0.6 is 0 Å². The van der Waals surface area contributed by atoms with Gasteiger partial charge in [-0.2, -0.15) is 0 Å². The Morgan fingerprint density at radius 1 is 1.53 bits per heavy atom. The van der Waals surface area contributed by atoms with Crippen LogP contribution in [0.3, 0.4) is 0 Å². The van der Waals surface area contributed by atoms with Crippen LogP contribution in [-0.4, -0.2) is 22.9 Å². The zero-order valence-corrected chi connectivity index (χ0v) is 8.43. The highest BCUT2D eigenvalue weighted by molar-refractivity contribution is 5.81. The van der Waals surface area contributed by atoms with Gasteiger partial charge in [0.2, 0.25) is 0 Å². The maximum Gasteiger partial charge on any atom is 0.323 e. The molecular formula is C11H13NO3. The fourth-order valence-electron chi connectivity index (χ4n) is 1.28. The zero-order valence-electron chi connectivity index (χ0n) is 8.43. The SMILES string of the molecule is CC(N)(Cc1ccccc1C=O)C(=O)O. The van der Waals surface area contributed by atoms with E-state index in [0.29, 0.717) is 17.4 Å². The normalized spacial score (nSPS) is 14.3. The third kappa shape index (κ3) is 2.63. The molecule has 80 valence electrons. The summed E-state index contributed by atoms with van der Waals surface area (Å²) in [5.41, 5.74) is 5.39. The van der Waals surface area contributed by atoms with Crippen LogP contribution in [0.15, 0.2) is 24.3 Å². The van der Waals surface area contributed by atoms with Crippen molar-refractivity contribution in [3.05, 3.63) is 35.4 Å². The first-order chi connectivity index (χ1) is 6.97. The molecule has 1 aromatic carbocycles. The molecule has 0 aliphatic rings. The average molecular weight is 207 g/mol. The molecule has 0 saturated carbocycles. The van der Waals surface area contributed by atoms with E-state index in [1.165, 1.54) is 6.92 Å². The van der Waals surface area contributed by atoms with E-state index in [0.717, 1.165) is 0 Å². The summed E-state index contributed by atoms with van der Waals surface area (Å²) in [5.74, 6) is -1.08. The first-order valence-corrected chi connectivity index (χ1v) is 4.53. The van der Waals surface area contributed by atoms with Crippen LogP contribution in [0.4, 0.5) is 0 Å². The van der Waals surface area contributed by atoms with Crippen LogP contribution in [0.2, 0.25) is 0 Å². The number of hydrogen-bond acceptors (Lipinski definition) is 3. The lowest BCUT2D eigenvalue weighted by molar-refractivity contribution is -0.142. The summed E-state index contributed by atoms with van der Waals surface area (Å²) in [4.78, 5) is 21.5. The number of benzene rings is 1. The summed E-state index contributed by atoms with van der Waals surface area (Å²) >= 11 is 0. The number of carboxylic acid groups (broad SMARTS) is 1. The Morgan fingerprint density at radius 2 is 2.13 bits per heavy atom. The molecule has 1 rings (SSSR count). The standard InChI is InChI=1S/C11H13NO3/c1-11(12,10(14)15)6-8-4-2-3-5-9(8)7-13/h2-5,7H,6,12H2,1H3,(H,14,15). The molecule has 4 nitrogen and oxygen atoms in total. The number of hydrogen-bond donors (Lipinski definition) is 2. The lowest BCUT2D eigenvalue weighted by Gasteiger charge is -2.19. The van der Waals surface area contributed by atoms with E-state index in [1.54, 1.807) is 24.3 Å². The summed E-state index contributed by atoms with van der Waals surface area (Å²) < 4.78 is 0. The molecule has 0 fully saturated rings. The van der Waals surface area contributed by atoms with Crippen LogP contribution in [0.5, 0.6) is 0 Å². The smallest absolute Gasteiger partial charge is 0.323 e. The predicted molar refractivity (Wildman–Crippen MR) is 55.8 cm³/mol. The van der Waals surface area contributed by atoms with E-state index in [2.05, 4.69) is 0 Å². The third-order valence-corrected chi connectivity index (χ3v) is 2.23. The van der Waals surface area contributed by atoms with Gasteiger partial charge in [0, 0.05) is 12.0 Å². The van der Waals surface area contributed by atoms with E-state index >= 15 is 0 Å². The van der Waals surface area contributed by atoms with Crippen molar-refractivity contribution in [3.63, 3.8) is 0 Å². The first kappa shape index (κ1) is 11.4. The van der Waals surface area contributed by atoms with Gasteiger partial charge in [-0.1, -0.05) is 24.3 Å². The van der Waals surface area contributed by atoms with Crippen molar-refractivity contribution in [1.29, 1.82) is 0 Å². The van der Waals surface area contributed by atoms with Gasteiger partial charge in [0.25, 0.3) is 0 Å². The second-order valence-electron chi connectivity index (χ2n) is 3.72. The highest BCUT2D eigenvalue weighted by Crippen LogP contribution is 2.14. The Bertz CT molecular complexity index is 385. The van der Waals surface area contributed by atoms with Gasteiger partial charge >= 0.3 is 5.97 Å². The molecule has 4 heteroatoms. The van der Waals surface area contributed by atoms with Crippen molar-refractivity contribution < 1.29 is 14.7 Å². The minimum absolute atomic E-state index is 0.136. The van der Waals surface area contributed by atoms with Crippen molar-refractivity contribution in [2.24, 2.45) is 5.73 Å². The van der Waals surface area contributed by atoms with Gasteiger partial charge in [0.1, 0.15) is 11.8 Å². The van der Waals surface area contributed by atoms with Gasteiger partial charge in [0.05, 0.1) is 0 Å². The monoisotopic (exact) mass is 207 g/mol. The number of aldehydes is 1. The molecule has 0 bridgehead atoms. The second kappa shape index (κ2) is 4.23. The molecule has 15 heavy (non-hydrogen) atoms. The molecule has 0 spiro atoms. The van der Waals surface area contributed by atoms with Crippen molar-refractivity contribution in [2.75, 3.05) is 0 Å². The molecule has 0 amide bonds. The minimum Gasteiger partial charge on any atom is -0.480 e. The van der Waals surface area contributed by atoms with Crippen molar-refractivity contribution in [1.82, 2.24) is 0 Å². The van der Waals surface area contributed by atoms with Crippen LogP contribution in [0, 0.1) is 0 Å². The van der Waals surface area contributed by atoms with E-state index in [1.807, 2.05) is 0 Å². The summed E-state index contributed by atoms with van der Waals surface area (Å²) in [6.07, 6.45) is 0.838. The number of aliphatic carboxylic acids is 1. The molecule has 0 aliphatic carbocycles. The number of nitrogens with two attached hydrogens (primary N) is 1. The molecule has 1 unspecified atom stereocenters. The van der Waals surface area contributed by atoms with Gasteiger partial charge in [0.15, 0.2) is 0 Å². The van der Waals surface area contributed by atoms with E-state index < -0.39 is 11.5 Å². The number of rotatable bonds is 4.